The summed E-state index contributed by atoms with van der Waals surface area (Å²) in [7, 11) is 0. The minimum absolute atomic E-state index is 0.297. The molecule has 5 heteroatoms. The number of carboxylic acid groups (broad SMARTS) is 1. The van der Waals surface area contributed by atoms with Crippen LogP contribution in [0.1, 0.15) is 26.2 Å². The average Bonchev–Trinajstić information content (AvgIpc) is 2.17. The van der Waals surface area contributed by atoms with Crippen LogP contribution in [0.25, 0.3) is 0 Å². The molecule has 0 aromatic rings. The summed E-state index contributed by atoms with van der Waals surface area (Å²) in [5, 5.41) is 11.4. The van der Waals surface area contributed by atoms with Gasteiger partial charge >= 0.3 is 5.97 Å². The lowest BCUT2D eigenvalue weighted by molar-refractivity contribution is -0.142. The van der Waals surface area contributed by atoms with Crippen LogP contribution in [0.5, 0.6) is 0 Å². The van der Waals surface area contributed by atoms with Crippen molar-refractivity contribution in [3.63, 3.8) is 0 Å². The molecule has 5 nitrogen and oxygen atoms in total. The van der Waals surface area contributed by atoms with Crippen LogP contribution in [0.2, 0.25) is 0 Å². The fraction of sp³-hybridized carbons (Fsp3) is 0.800. The number of nitrogens with one attached hydrogen (secondary N) is 1. The first-order chi connectivity index (χ1) is 7.09. The van der Waals surface area contributed by atoms with Gasteiger partial charge in [-0.2, -0.15) is 0 Å². The lowest BCUT2D eigenvalue weighted by Crippen LogP contribution is -2.41. The summed E-state index contributed by atoms with van der Waals surface area (Å²) in [5.41, 5.74) is 0. The Kier molecular flexibility index (Phi) is 4.55. The number of carboxylic acids is 1. The Hall–Kier alpha value is -1.10. The summed E-state index contributed by atoms with van der Waals surface area (Å²) in [6, 6.07) is -0.759. The second-order valence-electron chi connectivity index (χ2n) is 3.88. The van der Waals surface area contributed by atoms with Crippen molar-refractivity contribution in [3.8, 4) is 0 Å². The van der Waals surface area contributed by atoms with Crippen LogP contribution in [-0.2, 0) is 14.3 Å². The molecular formula is C10H17NO4. The van der Waals surface area contributed by atoms with E-state index < -0.39 is 12.0 Å². The van der Waals surface area contributed by atoms with Gasteiger partial charge in [-0.25, -0.2) is 4.79 Å². The summed E-state index contributed by atoms with van der Waals surface area (Å²) in [6.07, 6.45) is 2.25. The van der Waals surface area contributed by atoms with E-state index in [0.29, 0.717) is 25.6 Å². The molecule has 1 aliphatic heterocycles. The Morgan fingerprint density at radius 1 is 1.47 bits per heavy atom. The van der Waals surface area contributed by atoms with Crippen molar-refractivity contribution in [3.05, 3.63) is 0 Å². The van der Waals surface area contributed by atoms with E-state index in [0.717, 1.165) is 12.8 Å². The third kappa shape index (κ3) is 4.29. The van der Waals surface area contributed by atoms with E-state index in [1.54, 1.807) is 0 Å². The zero-order valence-electron chi connectivity index (χ0n) is 8.86. The molecule has 1 amide bonds. The lowest BCUT2D eigenvalue weighted by atomic mass is 9.92. The van der Waals surface area contributed by atoms with Crippen molar-refractivity contribution < 1.29 is 19.4 Å². The second kappa shape index (κ2) is 5.70. The van der Waals surface area contributed by atoms with Gasteiger partial charge in [0.2, 0.25) is 5.91 Å². The van der Waals surface area contributed by atoms with E-state index in [1.165, 1.54) is 6.92 Å². The minimum Gasteiger partial charge on any atom is -0.480 e. The topological polar surface area (TPSA) is 75.6 Å². The second-order valence-corrected chi connectivity index (χ2v) is 3.88. The molecule has 86 valence electrons. The highest BCUT2D eigenvalue weighted by Gasteiger charge is 2.24. The van der Waals surface area contributed by atoms with Gasteiger partial charge in [-0.1, -0.05) is 0 Å². The van der Waals surface area contributed by atoms with Crippen LogP contribution < -0.4 is 5.32 Å². The zero-order chi connectivity index (χ0) is 11.3. The Bertz CT molecular complexity index is 236. The van der Waals surface area contributed by atoms with Gasteiger partial charge in [0.15, 0.2) is 0 Å². The maximum atomic E-state index is 10.9. The maximum Gasteiger partial charge on any atom is 0.326 e. The molecule has 0 aliphatic carbocycles. The standard InChI is InChI=1S/C10H17NO4/c1-7(12)11-9(10(13)14)6-8-2-4-15-5-3-8/h8-9H,2-6H2,1H3,(H,11,12)(H,13,14)/t9-/m0/s1. The largest absolute Gasteiger partial charge is 0.480 e. The molecule has 15 heavy (non-hydrogen) atoms. The highest BCUT2D eigenvalue weighted by molar-refractivity contribution is 5.82. The molecule has 0 aromatic heterocycles. The summed E-state index contributed by atoms with van der Waals surface area (Å²) < 4.78 is 5.19. The number of hydrogen-bond donors (Lipinski definition) is 2. The molecule has 1 saturated heterocycles. The molecule has 0 spiro atoms. The van der Waals surface area contributed by atoms with Crippen molar-refractivity contribution in [2.45, 2.75) is 32.2 Å². The lowest BCUT2D eigenvalue weighted by Gasteiger charge is -2.24. The minimum atomic E-state index is -0.961. The fourth-order valence-electron chi connectivity index (χ4n) is 1.78. The van der Waals surface area contributed by atoms with Crippen molar-refractivity contribution in [1.29, 1.82) is 0 Å². The maximum absolute atomic E-state index is 10.9. The van der Waals surface area contributed by atoms with E-state index in [-0.39, 0.29) is 5.91 Å². The average molecular weight is 215 g/mol. The molecule has 2 N–H and O–H groups in total. The quantitative estimate of drug-likeness (QED) is 0.711. The first-order valence-electron chi connectivity index (χ1n) is 5.17. The predicted octanol–water partition coefficient (Wildman–Crippen LogP) is 0.392. The number of hydrogen-bond acceptors (Lipinski definition) is 3. The summed E-state index contributed by atoms with van der Waals surface area (Å²) in [5.74, 6) is -0.919. The number of aliphatic carboxylic acids is 1. The molecule has 0 radical (unpaired) electrons. The van der Waals surface area contributed by atoms with Gasteiger partial charge in [0.25, 0.3) is 0 Å². The van der Waals surface area contributed by atoms with Gasteiger partial charge in [-0.3, -0.25) is 4.79 Å². The SMILES string of the molecule is CC(=O)N[C@@H](CC1CCOCC1)C(=O)O. The van der Waals surface area contributed by atoms with Gasteiger partial charge in [0, 0.05) is 20.1 Å². The van der Waals surface area contributed by atoms with Crippen LogP contribution in [0.4, 0.5) is 0 Å². The molecule has 1 aliphatic rings. The van der Waals surface area contributed by atoms with Gasteiger partial charge in [-0.15, -0.1) is 0 Å². The van der Waals surface area contributed by atoms with Gasteiger partial charge in [0.05, 0.1) is 0 Å². The number of carbonyl (C=O) groups excluding carboxylic acids is 1. The monoisotopic (exact) mass is 215 g/mol. The van der Waals surface area contributed by atoms with E-state index in [4.69, 9.17) is 9.84 Å². The van der Waals surface area contributed by atoms with Crippen LogP contribution in [0.15, 0.2) is 0 Å². The molecule has 0 aromatic carbocycles. The van der Waals surface area contributed by atoms with Crippen molar-refractivity contribution in [2.24, 2.45) is 5.92 Å². The summed E-state index contributed by atoms with van der Waals surface area (Å²) >= 11 is 0. The normalized spacial score (nSPS) is 19.5. The highest BCUT2D eigenvalue weighted by atomic mass is 16.5. The Labute approximate surface area is 88.8 Å². The van der Waals surface area contributed by atoms with Crippen LogP contribution in [-0.4, -0.2) is 36.2 Å². The van der Waals surface area contributed by atoms with E-state index in [2.05, 4.69) is 5.32 Å². The van der Waals surface area contributed by atoms with Gasteiger partial charge < -0.3 is 15.2 Å². The van der Waals surface area contributed by atoms with Crippen molar-refractivity contribution in [2.75, 3.05) is 13.2 Å². The van der Waals surface area contributed by atoms with E-state index in [1.807, 2.05) is 0 Å². The third-order valence-electron chi connectivity index (χ3n) is 2.59. The Balaban J connectivity index is 2.42. The van der Waals surface area contributed by atoms with Crippen LogP contribution in [0.3, 0.4) is 0 Å². The molecule has 1 heterocycles. The molecule has 1 rings (SSSR count). The smallest absolute Gasteiger partial charge is 0.326 e. The molecule has 1 atom stereocenters. The number of rotatable bonds is 4. The Morgan fingerprint density at radius 3 is 2.53 bits per heavy atom. The van der Waals surface area contributed by atoms with Crippen LogP contribution in [0, 0.1) is 5.92 Å². The summed E-state index contributed by atoms with van der Waals surface area (Å²) in [4.78, 5) is 21.7. The molecule has 1 fully saturated rings. The molecular weight excluding hydrogens is 198 g/mol. The Morgan fingerprint density at radius 2 is 2.07 bits per heavy atom. The zero-order valence-corrected chi connectivity index (χ0v) is 8.86. The van der Waals surface area contributed by atoms with Gasteiger partial charge in [-0.05, 0) is 25.2 Å². The highest BCUT2D eigenvalue weighted by Crippen LogP contribution is 2.20. The van der Waals surface area contributed by atoms with Gasteiger partial charge in [0.1, 0.15) is 6.04 Å². The van der Waals surface area contributed by atoms with Crippen molar-refractivity contribution >= 4 is 11.9 Å². The molecule has 0 unspecified atom stereocenters. The third-order valence-corrected chi connectivity index (χ3v) is 2.59. The first kappa shape index (κ1) is 12.0. The van der Waals surface area contributed by atoms with Crippen LogP contribution >= 0.6 is 0 Å². The van der Waals surface area contributed by atoms with E-state index in [9.17, 15) is 9.59 Å². The van der Waals surface area contributed by atoms with E-state index >= 15 is 0 Å². The van der Waals surface area contributed by atoms with Crippen molar-refractivity contribution in [1.82, 2.24) is 5.32 Å². The summed E-state index contributed by atoms with van der Waals surface area (Å²) in [6.45, 7) is 2.72. The number of ether oxygens (including phenoxy) is 1. The predicted molar refractivity (Wildman–Crippen MR) is 53.4 cm³/mol. The molecule has 0 saturated carbocycles. The number of carbonyl (C=O) groups is 2. The molecule has 0 bridgehead atoms. The fourth-order valence-corrected chi connectivity index (χ4v) is 1.78. The first-order valence-corrected chi connectivity index (χ1v) is 5.17. The number of amides is 1.